The van der Waals surface area contributed by atoms with Gasteiger partial charge in [0.05, 0.1) is 11.1 Å². The molecule has 1 aromatic carbocycles. The Balaban J connectivity index is 2.94. The van der Waals surface area contributed by atoms with Crippen molar-refractivity contribution in [3.05, 3.63) is 41.0 Å². The van der Waals surface area contributed by atoms with Crippen LogP contribution in [-0.4, -0.2) is 23.5 Å². The van der Waals surface area contributed by atoms with Crippen LogP contribution >= 0.6 is 0 Å². The standard InChI is InChI=1S/C14H14F3NO3/c1-9(19)18-7-3-2-4-10-8-11(14(15,16)17)5-6-12(10)13(20)21/h2,4-6,8H,3,7H2,1H3,(H,18,19)(H,20,21). The van der Waals surface area contributed by atoms with Crippen LogP contribution in [0, 0.1) is 0 Å². The van der Waals surface area contributed by atoms with E-state index in [0.29, 0.717) is 13.0 Å². The van der Waals surface area contributed by atoms with E-state index < -0.39 is 17.7 Å². The van der Waals surface area contributed by atoms with Gasteiger partial charge in [0.1, 0.15) is 0 Å². The SMILES string of the molecule is CC(=O)NCCC=Cc1cc(C(F)(F)F)ccc1C(=O)O. The molecule has 0 spiro atoms. The van der Waals surface area contributed by atoms with Gasteiger partial charge in [0.2, 0.25) is 5.91 Å². The molecule has 0 saturated heterocycles. The molecule has 0 saturated carbocycles. The maximum absolute atomic E-state index is 12.6. The molecular weight excluding hydrogens is 287 g/mol. The number of carboxylic acid groups (broad SMARTS) is 1. The first-order valence-corrected chi connectivity index (χ1v) is 6.07. The zero-order chi connectivity index (χ0) is 16.0. The van der Waals surface area contributed by atoms with Crippen molar-refractivity contribution >= 4 is 18.0 Å². The lowest BCUT2D eigenvalue weighted by molar-refractivity contribution is -0.137. The van der Waals surface area contributed by atoms with Crippen molar-refractivity contribution in [3.8, 4) is 0 Å². The summed E-state index contributed by atoms with van der Waals surface area (Å²) >= 11 is 0. The maximum Gasteiger partial charge on any atom is 0.416 e. The highest BCUT2D eigenvalue weighted by atomic mass is 19.4. The maximum atomic E-state index is 12.6. The van der Waals surface area contributed by atoms with E-state index in [1.807, 2.05) is 0 Å². The molecule has 114 valence electrons. The van der Waals surface area contributed by atoms with E-state index in [-0.39, 0.29) is 17.0 Å². The van der Waals surface area contributed by atoms with Crippen LogP contribution in [0.1, 0.15) is 34.8 Å². The van der Waals surface area contributed by atoms with Gasteiger partial charge in [-0.2, -0.15) is 13.2 Å². The summed E-state index contributed by atoms with van der Waals surface area (Å²) in [6, 6.07) is 2.45. The second-order valence-corrected chi connectivity index (χ2v) is 4.28. The zero-order valence-electron chi connectivity index (χ0n) is 11.2. The Morgan fingerprint density at radius 3 is 2.52 bits per heavy atom. The van der Waals surface area contributed by atoms with Gasteiger partial charge in [0.15, 0.2) is 0 Å². The van der Waals surface area contributed by atoms with Crippen LogP contribution in [0.15, 0.2) is 24.3 Å². The summed E-state index contributed by atoms with van der Waals surface area (Å²) in [5, 5.41) is 11.5. The minimum Gasteiger partial charge on any atom is -0.478 e. The Hall–Kier alpha value is -2.31. The van der Waals surface area contributed by atoms with Crippen LogP contribution in [0.2, 0.25) is 0 Å². The van der Waals surface area contributed by atoms with Crippen LogP contribution in [0.25, 0.3) is 6.08 Å². The molecule has 0 aliphatic rings. The third kappa shape index (κ3) is 5.29. The third-order valence-corrected chi connectivity index (χ3v) is 2.59. The van der Waals surface area contributed by atoms with Crippen molar-refractivity contribution in [2.24, 2.45) is 0 Å². The first kappa shape index (κ1) is 16.7. The fourth-order valence-electron chi connectivity index (χ4n) is 1.61. The van der Waals surface area contributed by atoms with E-state index in [4.69, 9.17) is 5.11 Å². The van der Waals surface area contributed by atoms with Gasteiger partial charge in [0.25, 0.3) is 0 Å². The summed E-state index contributed by atoms with van der Waals surface area (Å²) in [4.78, 5) is 21.6. The molecule has 0 atom stereocenters. The molecule has 0 fully saturated rings. The number of carbonyl (C=O) groups is 2. The fourth-order valence-corrected chi connectivity index (χ4v) is 1.61. The number of halogens is 3. The Bertz CT molecular complexity index is 565. The summed E-state index contributed by atoms with van der Waals surface area (Å²) < 4.78 is 37.8. The van der Waals surface area contributed by atoms with Crippen molar-refractivity contribution in [2.75, 3.05) is 6.54 Å². The summed E-state index contributed by atoms with van der Waals surface area (Å²) in [5.41, 5.74) is -1.15. The number of nitrogens with one attached hydrogen (secondary N) is 1. The highest BCUT2D eigenvalue weighted by Crippen LogP contribution is 2.31. The molecular formula is C14H14F3NO3. The molecule has 0 radical (unpaired) electrons. The lowest BCUT2D eigenvalue weighted by Crippen LogP contribution is -2.20. The van der Waals surface area contributed by atoms with Crippen LogP contribution in [0.4, 0.5) is 13.2 Å². The predicted octanol–water partition coefficient (Wildman–Crippen LogP) is 2.94. The molecule has 1 aromatic rings. The van der Waals surface area contributed by atoms with E-state index in [0.717, 1.165) is 18.2 Å². The van der Waals surface area contributed by atoms with Crippen molar-refractivity contribution in [3.63, 3.8) is 0 Å². The molecule has 0 bridgehead atoms. The van der Waals surface area contributed by atoms with E-state index in [2.05, 4.69) is 5.32 Å². The molecule has 7 heteroatoms. The Kier molecular flexibility index (Phi) is 5.52. The smallest absolute Gasteiger partial charge is 0.416 e. The van der Waals surface area contributed by atoms with Crippen LogP contribution in [0.5, 0.6) is 0 Å². The predicted molar refractivity (Wildman–Crippen MR) is 70.7 cm³/mol. The number of hydrogen-bond acceptors (Lipinski definition) is 2. The van der Waals surface area contributed by atoms with Gasteiger partial charge < -0.3 is 10.4 Å². The molecule has 0 aromatic heterocycles. The summed E-state index contributed by atoms with van der Waals surface area (Å²) in [6.45, 7) is 1.67. The largest absolute Gasteiger partial charge is 0.478 e. The minimum atomic E-state index is -4.53. The molecule has 0 aliphatic heterocycles. The van der Waals surface area contributed by atoms with Gasteiger partial charge in [-0.15, -0.1) is 0 Å². The molecule has 0 heterocycles. The number of alkyl halides is 3. The molecule has 2 N–H and O–H groups in total. The van der Waals surface area contributed by atoms with Gasteiger partial charge in [0, 0.05) is 13.5 Å². The zero-order valence-corrected chi connectivity index (χ0v) is 11.2. The monoisotopic (exact) mass is 301 g/mol. The van der Waals surface area contributed by atoms with E-state index >= 15 is 0 Å². The summed E-state index contributed by atoms with van der Waals surface area (Å²) in [6.07, 6.45) is -1.33. The highest BCUT2D eigenvalue weighted by molar-refractivity contribution is 5.92. The number of benzene rings is 1. The lowest BCUT2D eigenvalue weighted by atomic mass is 10.0. The topological polar surface area (TPSA) is 66.4 Å². The number of carboxylic acids is 1. The van der Waals surface area contributed by atoms with Crippen molar-refractivity contribution in [1.82, 2.24) is 5.32 Å². The van der Waals surface area contributed by atoms with E-state index in [1.165, 1.54) is 19.1 Å². The van der Waals surface area contributed by atoms with Crippen molar-refractivity contribution in [1.29, 1.82) is 0 Å². The molecule has 0 aliphatic carbocycles. The Morgan fingerprint density at radius 2 is 2.00 bits per heavy atom. The van der Waals surface area contributed by atoms with E-state index in [9.17, 15) is 22.8 Å². The molecule has 0 unspecified atom stereocenters. The fraction of sp³-hybridized carbons (Fsp3) is 0.286. The van der Waals surface area contributed by atoms with Gasteiger partial charge in [-0.1, -0.05) is 12.2 Å². The average molecular weight is 301 g/mol. The normalized spacial score (nSPS) is 11.6. The van der Waals surface area contributed by atoms with Crippen molar-refractivity contribution in [2.45, 2.75) is 19.5 Å². The number of aromatic carboxylic acids is 1. The molecule has 4 nitrogen and oxygen atoms in total. The lowest BCUT2D eigenvalue weighted by Gasteiger charge is -2.09. The van der Waals surface area contributed by atoms with Crippen LogP contribution in [-0.2, 0) is 11.0 Å². The van der Waals surface area contributed by atoms with E-state index in [1.54, 1.807) is 0 Å². The molecule has 21 heavy (non-hydrogen) atoms. The first-order valence-electron chi connectivity index (χ1n) is 6.07. The van der Waals surface area contributed by atoms with Gasteiger partial charge in [-0.3, -0.25) is 4.79 Å². The molecule has 1 amide bonds. The van der Waals surface area contributed by atoms with Crippen LogP contribution in [0.3, 0.4) is 0 Å². The third-order valence-electron chi connectivity index (χ3n) is 2.59. The average Bonchev–Trinajstić information content (AvgIpc) is 2.36. The molecule has 1 rings (SSSR count). The quantitative estimate of drug-likeness (QED) is 0.822. The summed E-state index contributed by atoms with van der Waals surface area (Å²) in [7, 11) is 0. The Morgan fingerprint density at radius 1 is 1.33 bits per heavy atom. The van der Waals surface area contributed by atoms with Gasteiger partial charge in [-0.25, -0.2) is 4.79 Å². The number of amides is 1. The minimum absolute atomic E-state index is 0.0276. The highest BCUT2D eigenvalue weighted by Gasteiger charge is 2.31. The van der Waals surface area contributed by atoms with Crippen molar-refractivity contribution < 1.29 is 27.9 Å². The second kappa shape index (κ2) is 6.92. The number of hydrogen-bond donors (Lipinski definition) is 2. The van der Waals surface area contributed by atoms with Gasteiger partial charge in [-0.05, 0) is 30.2 Å². The number of rotatable bonds is 5. The van der Waals surface area contributed by atoms with Crippen LogP contribution < -0.4 is 5.32 Å². The first-order chi connectivity index (χ1) is 9.71. The second-order valence-electron chi connectivity index (χ2n) is 4.28. The number of carbonyl (C=O) groups excluding carboxylic acids is 1. The van der Waals surface area contributed by atoms with Gasteiger partial charge >= 0.3 is 12.1 Å². The Labute approximate surface area is 119 Å². The summed E-state index contributed by atoms with van der Waals surface area (Å²) in [5.74, 6) is -1.51.